The van der Waals surface area contributed by atoms with Gasteiger partial charge in [0.25, 0.3) is 0 Å². The summed E-state index contributed by atoms with van der Waals surface area (Å²) in [6, 6.07) is 0.552. The van der Waals surface area contributed by atoms with Crippen molar-refractivity contribution in [2.75, 3.05) is 19.6 Å². The van der Waals surface area contributed by atoms with Gasteiger partial charge in [-0.3, -0.25) is 0 Å². The van der Waals surface area contributed by atoms with Gasteiger partial charge in [0.1, 0.15) is 12.2 Å². The van der Waals surface area contributed by atoms with E-state index in [0.717, 1.165) is 18.3 Å². The number of alkyl halides is 1. The molecule has 1 aromatic heterocycles. The second-order valence-corrected chi connectivity index (χ2v) is 4.76. The van der Waals surface area contributed by atoms with E-state index in [0.29, 0.717) is 11.9 Å². The van der Waals surface area contributed by atoms with Crippen LogP contribution in [-0.4, -0.2) is 39.3 Å². The van der Waals surface area contributed by atoms with Gasteiger partial charge in [-0.05, 0) is 31.8 Å². The number of hydrogen-bond acceptors (Lipinski definition) is 3. The van der Waals surface area contributed by atoms with Crippen molar-refractivity contribution >= 4 is 11.6 Å². The van der Waals surface area contributed by atoms with Crippen LogP contribution in [0.15, 0.2) is 6.33 Å². The second kappa shape index (κ2) is 3.76. The smallest absolute Gasteiger partial charge is 0.148 e. The molecule has 3 aliphatic rings. The van der Waals surface area contributed by atoms with E-state index in [4.69, 9.17) is 11.6 Å². The van der Waals surface area contributed by atoms with Crippen LogP contribution in [0.5, 0.6) is 0 Å². The molecule has 0 radical (unpaired) electrons. The minimum atomic E-state index is 0.462. The number of fused-ring (bicyclic) bond motifs is 3. The molecule has 0 N–H and O–H groups in total. The molecule has 1 aromatic rings. The Balaban J connectivity index is 1.88. The van der Waals surface area contributed by atoms with E-state index in [1.54, 1.807) is 0 Å². The first-order chi connectivity index (χ1) is 7.38. The summed E-state index contributed by atoms with van der Waals surface area (Å²) in [5, 5.41) is 8.02. The van der Waals surface area contributed by atoms with Gasteiger partial charge in [0.2, 0.25) is 0 Å². The number of rotatable bonds is 2. The van der Waals surface area contributed by atoms with Gasteiger partial charge in [-0.15, -0.1) is 21.8 Å². The molecular formula is C10H15ClN4. The molecule has 0 aromatic carbocycles. The molecule has 0 amide bonds. The molecule has 15 heavy (non-hydrogen) atoms. The van der Waals surface area contributed by atoms with Crippen LogP contribution in [0.25, 0.3) is 0 Å². The Morgan fingerprint density at radius 1 is 1.40 bits per heavy atom. The maximum Gasteiger partial charge on any atom is 0.148 e. The van der Waals surface area contributed by atoms with E-state index in [2.05, 4.69) is 19.7 Å². The van der Waals surface area contributed by atoms with E-state index >= 15 is 0 Å². The summed E-state index contributed by atoms with van der Waals surface area (Å²) in [6.45, 7) is 3.67. The average Bonchev–Trinajstić information content (AvgIpc) is 2.78. The summed E-state index contributed by atoms with van der Waals surface area (Å²) in [5.41, 5.74) is 0. The topological polar surface area (TPSA) is 34.0 Å². The van der Waals surface area contributed by atoms with Crippen LogP contribution in [0.1, 0.15) is 24.7 Å². The standard InChI is InChI=1S/C10H15ClN4/c11-5-10-13-12-7-15(10)9-6-14-3-1-8(9)2-4-14/h7-9H,1-6H2. The van der Waals surface area contributed by atoms with Crippen LogP contribution >= 0.6 is 11.6 Å². The van der Waals surface area contributed by atoms with Crippen LogP contribution in [0.2, 0.25) is 0 Å². The number of aromatic nitrogens is 3. The number of piperidine rings is 3. The monoisotopic (exact) mass is 226 g/mol. The summed E-state index contributed by atoms with van der Waals surface area (Å²) >= 11 is 5.86. The van der Waals surface area contributed by atoms with Gasteiger partial charge in [-0.2, -0.15) is 0 Å². The summed E-state index contributed by atoms with van der Waals surface area (Å²) in [4.78, 5) is 2.53. The third kappa shape index (κ3) is 1.56. The summed E-state index contributed by atoms with van der Waals surface area (Å²) in [5.74, 6) is 2.17. The van der Waals surface area contributed by atoms with Gasteiger partial charge >= 0.3 is 0 Å². The molecule has 2 bridgehead atoms. The Labute approximate surface area is 94.2 Å². The van der Waals surface area contributed by atoms with Crippen molar-refractivity contribution in [1.29, 1.82) is 0 Å². The second-order valence-electron chi connectivity index (χ2n) is 4.49. The maximum atomic E-state index is 5.86. The zero-order valence-electron chi connectivity index (χ0n) is 8.64. The highest BCUT2D eigenvalue weighted by Crippen LogP contribution is 2.35. The first-order valence-corrected chi connectivity index (χ1v) is 6.08. The third-order valence-corrected chi connectivity index (χ3v) is 3.98. The lowest BCUT2D eigenvalue weighted by Gasteiger charge is -2.45. The Morgan fingerprint density at radius 2 is 2.20 bits per heavy atom. The Morgan fingerprint density at radius 3 is 2.80 bits per heavy atom. The Hall–Kier alpha value is -0.610. The average molecular weight is 227 g/mol. The predicted octanol–water partition coefficient (Wildman–Crippen LogP) is 1.28. The van der Waals surface area contributed by atoms with E-state index in [1.807, 2.05) is 6.33 Å². The van der Waals surface area contributed by atoms with E-state index in [1.165, 1.54) is 25.9 Å². The van der Waals surface area contributed by atoms with Crippen LogP contribution in [0.4, 0.5) is 0 Å². The van der Waals surface area contributed by atoms with Crippen LogP contribution in [0, 0.1) is 5.92 Å². The highest BCUT2D eigenvalue weighted by atomic mass is 35.5. The molecule has 82 valence electrons. The largest absolute Gasteiger partial charge is 0.312 e. The minimum Gasteiger partial charge on any atom is -0.312 e. The molecule has 4 rings (SSSR count). The number of nitrogens with zero attached hydrogens (tertiary/aromatic N) is 4. The van der Waals surface area contributed by atoms with Gasteiger partial charge in [-0.1, -0.05) is 0 Å². The third-order valence-electron chi connectivity index (χ3n) is 3.75. The van der Waals surface area contributed by atoms with Crippen LogP contribution < -0.4 is 0 Å². The fraction of sp³-hybridized carbons (Fsp3) is 0.800. The molecule has 4 nitrogen and oxygen atoms in total. The molecule has 1 unspecified atom stereocenters. The van der Waals surface area contributed by atoms with Crippen LogP contribution in [0.3, 0.4) is 0 Å². The summed E-state index contributed by atoms with van der Waals surface area (Å²) < 4.78 is 2.18. The van der Waals surface area contributed by atoms with Crippen molar-refractivity contribution in [2.24, 2.45) is 5.92 Å². The highest BCUT2D eigenvalue weighted by Gasteiger charge is 2.35. The molecule has 1 atom stereocenters. The van der Waals surface area contributed by atoms with E-state index in [9.17, 15) is 0 Å². The minimum absolute atomic E-state index is 0.462. The van der Waals surface area contributed by atoms with Crippen molar-refractivity contribution in [2.45, 2.75) is 24.8 Å². The van der Waals surface area contributed by atoms with Crippen molar-refractivity contribution < 1.29 is 0 Å². The van der Waals surface area contributed by atoms with E-state index in [-0.39, 0.29) is 0 Å². The fourth-order valence-electron chi connectivity index (χ4n) is 2.89. The molecule has 3 saturated heterocycles. The quantitative estimate of drug-likeness (QED) is 0.713. The van der Waals surface area contributed by atoms with Crippen molar-refractivity contribution in [3.8, 4) is 0 Å². The zero-order chi connectivity index (χ0) is 10.3. The zero-order valence-corrected chi connectivity index (χ0v) is 9.40. The van der Waals surface area contributed by atoms with Gasteiger partial charge in [0.15, 0.2) is 0 Å². The first-order valence-electron chi connectivity index (χ1n) is 5.55. The Kier molecular flexibility index (Phi) is 2.41. The van der Waals surface area contributed by atoms with Crippen LogP contribution in [-0.2, 0) is 5.88 Å². The van der Waals surface area contributed by atoms with Crippen molar-refractivity contribution in [1.82, 2.24) is 19.7 Å². The molecule has 3 fully saturated rings. The molecule has 5 heteroatoms. The SMILES string of the molecule is ClCc1nncn1C1CN2CCC1CC2. The van der Waals surface area contributed by atoms with Gasteiger partial charge in [0, 0.05) is 6.54 Å². The normalized spacial score (nSPS) is 34.6. The molecule has 3 aliphatic heterocycles. The van der Waals surface area contributed by atoms with Gasteiger partial charge in [-0.25, -0.2) is 0 Å². The van der Waals surface area contributed by atoms with Crippen molar-refractivity contribution in [3.63, 3.8) is 0 Å². The molecule has 0 spiro atoms. The summed E-state index contributed by atoms with van der Waals surface area (Å²) in [6.07, 6.45) is 4.46. The molecule has 0 saturated carbocycles. The van der Waals surface area contributed by atoms with Gasteiger partial charge < -0.3 is 9.47 Å². The fourth-order valence-corrected chi connectivity index (χ4v) is 3.08. The van der Waals surface area contributed by atoms with E-state index < -0.39 is 0 Å². The number of hydrogen-bond donors (Lipinski definition) is 0. The lowest BCUT2D eigenvalue weighted by molar-refractivity contribution is 0.0558. The first kappa shape index (κ1) is 9.60. The molecule has 4 heterocycles. The highest BCUT2D eigenvalue weighted by molar-refractivity contribution is 6.16. The lowest BCUT2D eigenvalue weighted by Crippen LogP contribution is -2.48. The molecular weight excluding hydrogens is 212 g/mol. The lowest BCUT2D eigenvalue weighted by atomic mass is 9.84. The molecule has 0 aliphatic carbocycles. The Bertz CT molecular complexity index is 343. The van der Waals surface area contributed by atoms with Crippen molar-refractivity contribution in [3.05, 3.63) is 12.2 Å². The number of halogens is 1. The predicted molar refractivity (Wildman–Crippen MR) is 57.8 cm³/mol. The maximum absolute atomic E-state index is 5.86. The summed E-state index contributed by atoms with van der Waals surface area (Å²) in [7, 11) is 0. The van der Waals surface area contributed by atoms with Gasteiger partial charge in [0.05, 0.1) is 11.9 Å².